The first-order chi connectivity index (χ1) is 7.78. The Kier molecular flexibility index (Phi) is 2.80. The molecule has 0 aromatic rings. The van der Waals surface area contributed by atoms with Gasteiger partial charge in [0.2, 0.25) is 0 Å². The molecule has 0 aromatic carbocycles. The van der Waals surface area contributed by atoms with Gasteiger partial charge in [0, 0.05) is 5.41 Å². The average Bonchev–Trinajstić information content (AvgIpc) is 2.24. The normalized spacial score (nSPS) is 44.8. The molecule has 0 bridgehead atoms. The zero-order valence-electron chi connectivity index (χ0n) is 12.0. The monoisotopic (exact) mass is 234 g/mol. The summed E-state index contributed by atoms with van der Waals surface area (Å²) >= 11 is 0. The average molecular weight is 234 g/mol. The van der Waals surface area contributed by atoms with Gasteiger partial charge in [0.05, 0.1) is 0 Å². The predicted octanol–water partition coefficient (Wildman–Crippen LogP) is 4.37. The third kappa shape index (κ3) is 1.54. The van der Waals surface area contributed by atoms with Crippen molar-refractivity contribution in [2.75, 3.05) is 0 Å². The van der Waals surface area contributed by atoms with Crippen LogP contribution in [0, 0.1) is 22.2 Å². The number of carbonyl (C=O) groups is 1. The van der Waals surface area contributed by atoms with Gasteiger partial charge in [-0.25, -0.2) is 0 Å². The molecule has 2 aliphatic carbocycles. The number of hydrogen-bond acceptors (Lipinski definition) is 1. The maximum absolute atomic E-state index is 11.7. The number of hydrogen-bond donors (Lipinski definition) is 0. The molecule has 1 fully saturated rings. The summed E-state index contributed by atoms with van der Waals surface area (Å²) in [4.78, 5) is 11.7. The third-order valence-corrected chi connectivity index (χ3v) is 6.13. The Morgan fingerprint density at radius 2 is 1.88 bits per heavy atom. The first-order valence-corrected chi connectivity index (χ1v) is 6.91. The topological polar surface area (TPSA) is 17.1 Å². The Hall–Kier alpha value is -0.590. The summed E-state index contributed by atoms with van der Waals surface area (Å²) in [7, 11) is 0. The number of allylic oxidation sites excluding steroid dienone is 2. The molecule has 3 atom stereocenters. The van der Waals surface area contributed by atoms with Gasteiger partial charge >= 0.3 is 0 Å². The van der Waals surface area contributed by atoms with Crippen LogP contribution in [0.5, 0.6) is 0 Å². The quantitative estimate of drug-likeness (QED) is 0.486. The van der Waals surface area contributed by atoms with Gasteiger partial charge in [-0.2, -0.15) is 0 Å². The maximum Gasteiger partial charge on any atom is 0.130 e. The van der Waals surface area contributed by atoms with Crippen molar-refractivity contribution in [1.29, 1.82) is 0 Å². The lowest BCUT2D eigenvalue weighted by Gasteiger charge is -2.59. The fraction of sp³-hybridized carbons (Fsp3) is 0.812. The van der Waals surface area contributed by atoms with Crippen LogP contribution in [0.25, 0.3) is 0 Å². The molecule has 0 heterocycles. The third-order valence-electron chi connectivity index (χ3n) is 6.13. The highest BCUT2D eigenvalue weighted by Gasteiger charge is 2.57. The Balaban J connectivity index is 2.54. The predicted molar refractivity (Wildman–Crippen MR) is 71.8 cm³/mol. The van der Waals surface area contributed by atoms with Crippen LogP contribution in [0.2, 0.25) is 0 Å². The van der Waals surface area contributed by atoms with Crippen molar-refractivity contribution in [1.82, 2.24) is 0 Å². The minimum Gasteiger partial charge on any atom is -0.302 e. The molecule has 17 heavy (non-hydrogen) atoms. The van der Waals surface area contributed by atoms with Crippen LogP contribution in [0.15, 0.2) is 11.6 Å². The van der Waals surface area contributed by atoms with Crippen LogP contribution in [-0.4, -0.2) is 6.29 Å². The Bertz CT molecular complexity index is 366. The van der Waals surface area contributed by atoms with Crippen molar-refractivity contribution in [3.05, 3.63) is 11.6 Å². The number of carbonyl (C=O) groups excluding carboxylic acids is 1. The number of aldehydes is 1. The van der Waals surface area contributed by atoms with Crippen LogP contribution >= 0.6 is 0 Å². The van der Waals surface area contributed by atoms with Crippen molar-refractivity contribution in [2.24, 2.45) is 22.2 Å². The van der Waals surface area contributed by atoms with E-state index in [0.29, 0.717) is 11.3 Å². The Morgan fingerprint density at radius 1 is 1.24 bits per heavy atom. The molecule has 0 N–H and O–H groups in total. The zero-order chi connectivity index (χ0) is 12.9. The van der Waals surface area contributed by atoms with Crippen molar-refractivity contribution in [2.45, 2.75) is 60.3 Å². The summed E-state index contributed by atoms with van der Waals surface area (Å²) < 4.78 is 0. The summed E-state index contributed by atoms with van der Waals surface area (Å²) in [5.41, 5.74) is 1.54. The van der Waals surface area contributed by atoms with E-state index < -0.39 is 0 Å². The first kappa shape index (κ1) is 12.9. The van der Waals surface area contributed by atoms with Gasteiger partial charge in [0.25, 0.3) is 0 Å². The molecule has 0 saturated heterocycles. The van der Waals surface area contributed by atoms with Crippen molar-refractivity contribution < 1.29 is 4.79 Å². The van der Waals surface area contributed by atoms with Gasteiger partial charge in [-0.1, -0.05) is 38.8 Å². The van der Waals surface area contributed by atoms with Crippen molar-refractivity contribution in [3.8, 4) is 0 Å². The lowest BCUT2D eigenvalue weighted by Crippen LogP contribution is -2.54. The minimum atomic E-state index is -0.256. The van der Waals surface area contributed by atoms with Gasteiger partial charge < -0.3 is 4.79 Å². The summed E-state index contributed by atoms with van der Waals surface area (Å²) in [6, 6.07) is 0. The number of fused-ring (bicyclic) bond motifs is 1. The van der Waals surface area contributed by atoms with Gasteiger partial charge in [-0.15, -0.1) is 0 Å². The SMILES string of the molecule is CC1=CCC2C(C)(C)CCCC2(C)C1(C)C=O. The van der Waals surface area contributed by atoms with E-state index in [-0.39, 0.29) is 10.8 Å². The highest BCUT2D eigenvalue weighted by atomic mass is 16.1. The molecule has 0 amide bonds. The molecule has 2 aliphatic rings. The van der Waals surface area contributed by atoms with Crippen LogP contribution in [-0.2, 0) is 4.79 Å². The molecule has 0 aliphatic heterocycles. The second-order valence-electron chi connectivity index (χ2n) is 7.26. The Morgan fingerprint density at radius 3 is 2.47 bits per heavy atom. The van der Waals surface area contributed by atoms with Crippen molar-refractivity contribution >= 4 is 6.29 Å². The molecular weight excluding hydrogens is 208 g/mol. The number of rotatable bonds is 1. The van der Waals surface area contributed by atoms with Crippen LogP contribution in [0.3, 0.4) is 0 Å². The lowest BCUT2D eigenvalue weighted by atomic mass is 9.44. The molecular formula is C16H26O. The Labute approximate surface area is 106 Å². The van der Waals surface area contributed by atoms with E-state index in [9.17, 15) is 4.79 Å². The molecule has 3 unspecified atom stereocenters. The van der Waals surface area contributed by atoms with Gasteiger partial charge in [0.15, 0.2) is 0 Å². The fourth-order valence-electron chi connectivity index (χ4n) is 4.51. The molecule has 0 radical (unpaired) electrons. The maximum atomic E-state index is 11.7. The molecule has 96 valence electrons. The van der Waals surface area contributed by atoms with E-state index in [4.69, 9.17) is 0 Å². The standard InChI is InChI=1S/C16H26O/c1-12-7-8-13-14(2,3)9-6-10-15(13,4)16(12,5)11-17/h7,11,13H,6,8-10H2,1-5H3. The molecule has 1 heteroatoms. The van der Waals surface area contributed by atoms with Crippen LogP contribution in [0.4, 0.5) is 0 Å². The summed E-state index contributed by atoms with van der Waals surface area (Å²) in [5, 5.41) is 0. The molecule has 1 saturated carbocycles. The highest BCUT2D eigenvalue weighted by Crippen LogP contribution is 2.63. The van der Waals surface area contributed by atoms with E-state index >= 15 is 0 Å². The van der Waals surface area contributed by atoms with E-state index in [1.54, 1.807) is 0 Å². The van der Waals surface area contributed by atoms with Gasteiger partial charge in [-0.05, 0) is 49.9 Å². The summed E-state index contributed by atoms with van der Waals surface area (Å²) in [6.07, 6.45) is 8.44. The fourth-order valence-corrected chi connectivity index (χ4v) is 4.51. The first-order valence-electron chi connectivity index (χ1n) is 6.91. The summed E-state index contributed by atoms with van der Waals surface area (Å²) in [5.74, 6) is 0.641. The summed E-state index contributed by atoms with van der Waals surface area (Å²) in [6.45, 7) is 11.4. The van der Waals surface area contributed by atoms with E-state index in [1.807, 2.05) is 0 Å². The second kappa shape index (κ2) is 3.70. The van der Waals surface area contributed by atoms with Gasteiger partial charge in [-0.3, -0.25) is 0 Å². The smallest absolute Gasteiger partial charge is 0.130 e. The molecule has 0 spiro atoms. The molecule has 1 nitrogen and oxygen atoms in total. The zero-order valence-corrected chi connectivity index (χ0v) is 12.0. The van der Waals surface area contributed by atoms with Crippen LogP contribution in [0.1, 0.15) is 60.3 Å². The van der Waals surface area contributed by atoms with Crippen LogP contribution < -0.4 is 0 Å². The van der Waals surface area contributed by atoms with E-state index in [2.05, 4.69) is 40.7 Å². The highest BCUT2D eigenvalue weighted by molar-refractivity contribution is 5.67. The van der Waals surface area contributed by atoms with E-state index in [0.717, 1.165) is 6.42 Å². The molecule has 2 rings (SSSR count). The lowest BCUT2D eigenvalue weighted by molar-refractivity contribution is -0.131. The largest absolute Gasteiger partial charge is 0.302 e. The van der Waals surface area contributed by atoms with Crippen molar-refractivity contribution in [3.63, 3.8) is 0 Å². The molecule has 0 aromatic heterocycles. The minimum absolute atomic E-state index is 0.148. The van der Waals surface area contributed by atoms with E-state index in [1.165, 1.54) is 31.1 Å². The van der Waals surface area contributed by atoms with Gasteiger partial charge in [0.1, 0.15) is 6.29 Å². The second-order valence-corrected chi connectivity index (χ2v) is 7.26.